The summed E-state index contributed by atoms with van der Waals surface area (Å²) in [4.78, 5) is 0. The Morgan fingerprint density at radius 1 is 1.50 bits per heavy atom. The third kappa shape index (κ3) is 3.91. The van der Waals surface area contributed by atoms with Crippen LogP contribution in [-0.4, -0.2) is 15.6 Å². The largest absolute Gasteiger partial charge is 0.388 e. The van der Waals surface area contributed by atoms with Crippen LogP contribution in [0.3, 0.4) is 0 Å². The summed E-state index contributed by atoms with van der Waals surface area (Å²) in [6, 6.07) is 0. The molecule has 1 N–H and O–H groups in total. The van der Waals surface area contributed by atoms with Crippen LogP contribution in [0, 0.1) is 11.8 Å². The second kappa shape index (κ2) is 6.59. The van der Waals surface area contributed by atoms with Gasteiger partial charge in [-0.1, -0.05) is 59.0 Å². The minimum absolute atomic E-state index is 0.272. The maximum atomic E-state index is 9.81. The van der Waals surface area contributed by atoms with Gasteiger partial charge in [-0.05, 0) is 28.4 Å². The molecule has 0 aliphatic carbocycles. The van der Waals surface area contributed by atoms with Crippen molar-refractivity contribution >= 4 is 45.2 Å². The molecule has 0 aromatic carbocycles. The molecule has 0 aromatic rings. The molecule has 0 aliphatic rings. The lowest BCUT2D eigenvalue weighted by atomic mass is 9.89. The molecular formula is C9H16I2O. The van der Waals surface area contributed by atoms with Gasteiger partial charge in [0.2, 0.25) is 0 Å². The minimum Gasteiger partial charge on any atom is -0.388 e. The Kier molecular flexibility index (Phi) is 7.23. The quantitative estimate of drug-likeness (QED) is 0.573. The molecule has 0 saturated carbocycles. The van der Waals surface area contributed by atoms with Gasteiger partial charge in [-0.25, -0.2) is 0 Å². The molecule has 0 aliphatic heterocycles. The molecule has 0 saturated heterocycles. The molecule has 0 bridgehead atoms. The molecule has 0 aromatic heterocycles. The highest BCUT2D eigenvalue weighted by Crippen LogP contribution is 2.22. The number of hydrogen-bond acceptors (Lipinski definition) is 1. The molecule has 3 heteroatoms. The van der Waals surface area contributed by atoms with Crippen molar-refractivity contribution < 1.29 is 5.11 Å². The molecule has 0 radical (unpaired) electrons. The highest BCUT2D eigenvalue weighted by atomic mass is 127. The maximum Gasteiger partial charge on any atom is 0.0783 e. The van der Waals surface area contributed by atoms with E-state index in [4.69, 9.17) is 0 Å². The van der Waals surface area contributed by atoms with Gasteiger partial charge >= 0.3 is 0 Å². The lowest BCUT2D eigenvalue weighted by molar-refractivity contribution is 0.126. The molecule has 1 nitrogen and oxygen atoms in total. The molecule has 0 heterocycles. The van der Waals surface area contributed by atoms with Crippen molar-refractivity contribution in [2.75, 3.05) is 4.43 Å². The smallest absolute Gasteiger partial charge is 0.0783 e. The van der Waals surface area contributed by atoms with Crippen LogP contribution in [0.15, 0.2) is 9.66 Å². The second-order valence-corrected chi connectivity index (χ2v) is 4.79. The van der Waals surface area contributed by atoms with Gasteiger partial charge in [0.05, 0.1) is 6.10 Å². The third-order valence-electron chi connectivity index (χ3n) is 2.28. The van der Waals surface area contributed by atoms with Gasteiger partial charge in [0, 0.05) is 4.43 Å². The lowest BCUT2D eigenvalue weighted by Gasteiger charge is -2.23. The Labute approximate surface area is 102 Å². The van der Waals surface area contributed by atoms with Gasteiger partial charge < -0.3 is 5.11 Å². The number of halogens is 2. The SMILES string of the molecule is C/C(=C\I)[C@@H](O)[C@@H](C)[C@@H](C)CI. The molecule has 12 heavy (non-hydrogen) atoms. The van der Waals surface area contributed by atoms with Crippen LogP contribution in [0.4, 0.5) is 0 Å². The summed E-state index contributed by atoms with van der Waals surface area (Å²) in [6.45, 7) is 6.27. The van der Waals surface area contributed by atoms with E-state index < -0.39 is 0 Å². The zero-order chi connectivity index (χ0) is 9.72. The van der Waals surface area contributed by atoms with Gasteiger partial charge in [-0.15, -0.1) is 0 Å². The first-order chi connectivity index (χ1) is 5.54. The van der Waals surface area contributed by atoms with Crippen LogP contribution in [0.1, 0.15) is 20.8 Å². The fourth-order valence-corrected chi connectivity index (χ4v) is 2.10. The van der Waals surface area contributed by atoms with Crippen molar-refractivity contribution in [2.45, 2.75) is 26.9 Å². The van der Waals surface area contributed by atoms with E-state index in [1.165, 1.54) is 0 Å². The van der Waals surface area contributed by atoms with Crippen molar-refractivity contribution in [1.29, 1.82) is 0 Å². The Morgan fingerprint density at radius 2 is 2.00 bits per heavy atom. The summed E-state index contributed by atoms with van der Waals surface area (Å²) >= 11 is 4.54. The Hall–Kier alpha value is 1.16. The highest BCUT2D eigenvalue weighted by Gasteiger charge is 2.20. The van der Waals surface area contributed by atoms with E-state index in [0.717, 1.165) is 10.0 Å². The van der Waals surface area contributed by atoms with Crippen molar-refractivity contribution in [3.63, 3.8) is 0 Å². The average Bonchev–Trinajstić information content (AvgIpc) is 2.12. The zero-order valence-corrected chi connectivity index (χ0v) is 12.0. The van der Waals surface area contributed by atoms with E-state index in [1.54, 1.807) is 0 Å². The van der Waals surface area contributed by atoms with Crippen LogP contribution < -0.4 is 0 Å². The molecule has 72 valence electrons. The first-order valence-electron chi connectivity index (χ1n) is 4.05. The van der Waals surface area contributed by atoms with E-state index in [9.17, 15) is 5.11 Å². The second-order valence-electron chi connectivity index (χ2n) is 3.29. The first kappa shape index (κ1) is 13.2. The number of hydrogen-bond donors (Lipinski definition) is 1. The van der Waals surface area contributed by atoms with Crippen LogP contribution in [0.25, 0.3) is 0 Å². The Bertz CT molecular complexity index is 157. The van der Waals surface area contributed by atoms with Crippen molar-refractivity contribution in [3.05, 3.63) is 9.66 Å². The van der Waals surface area contributed by atoms with Crippen LogP contribution >= 0.6 is 45.2 Å². The average molecular weight is 394 g/mol. The summed E-state index contributed by atoms with van der Waals surface area (Å²) in [5, 5.41) is 9.81. The molecule has 0 rings (SSSR count). The van der Waals surface area contributed by atoms with E-state index in [-0.39, 0.29) is 6.10 Å². The maximum absolute atomic E-state index is 9.81. The van der Waals surface area contributed by atoms with Crippen molar-refractivity contribution in [1.82, 2.24) is 0 Å². The predicted molar refractivity (Wildman–Crippen MR) is 71.0 cm³/mol. The summed E-state index contributed by atoms with van der Waals surface area (Å²) < 4.78 is 3.06. The zero-order valence-electron chi connectivity index (χ0n) is 7.72. The predicted octanol–water partition coefficient (Wildman–Crippen LogP) is 3.39. The van der Waals surface area contributed by atoms with E-state index >= 15 is 0 Å². The van der Waals surface area contributed by atoms with Gasteiger partial charge in [0.25, 0.3) is 0 Å². The fourth-order valence-electron chi connectivity index (χ4n) is 0.931. The van der Waals surface area contributed by atoms with Gasteiger partial charge in [0.1, 0.15) is 0 Å². The summed E-state index contributed by atoms with van der Waals surface area (Å²) in [5.74, 6) is 0.930. The summed E-state index contributed by atoms with van der Waals surface area (Å²) in [5.41, 5.74) is 1.07. The topological polar surface area (TPSA) is 20.2 Å². The molecule has 3 atom stereocenters. The number of aliphatic hydroxyl groups is 1. The van der Waals surface area contributed by atoms with Crippen molar-refractivity contribution in [2.24, 2.45) is 11.8 Å². The summed E-state index contributed by atoms with van der Waals surface area (Å²) in [7, 11) is 0. The van der Waals surface area contributed by atoms with Crippen molar-refractivity contribution in [3.8, 4) is 0 Å². The molecule has 0 fully saturated rings. The fraction of sp³-hybridized carbons (Fsp3) is 0.778. The monoisotopic (exact) mass is 394 g/mol. The van der Waals surface area contributed by atoms with Crippen LogP contribution in [-0.2, 0) is 0 Å². The first-order valence-corrected chi connectivity index (χ1v) is 6.82. The van der Waals surface area contributed by atoms with Gasteiger partial charge in [0.15, 0.2) is 0 Å². The van der Waals surface area contributed by atoms with E-state index in [1.807, 2.05) is 11.0 Å². The van der Waals surface area contributed by atoms with E-state index in [0.29, 0.717) is 11.8 Å². The highest BCUT2D eigenvalue weighted by molar-refractivity contribution is 14.1. The third-order valence-corrected chi connectivity index (χ3v) is 4.65. The Balaban J connectivity index is 4.18. The molecular weight excluding hydrogens is 378 g/mol. The number of alkyl halides is 1. The normalized spacial score (nSPS) is 20.3. The molecule has 0 unspecified atom stereocenters. The molecule has 0 spiro atoms. The van der Waals surface area contributed by atoms with Gasteiger partial charge in [-0.3, -0.25) is 0 Å². The Morgan fingerprint density at radius 3 is 2.33 bits per heavy atom. The standard InChI is InChI=1S/C9H16I2O/c1-6(4-10)8(3)9(12)7(2)5-11/h5-6,8-9,12H,4H2,1-3H3/b7-5+/t6-,8-,9+/m0/s1. The van der Waals surface area contributed by atoms with E-state index in [2.05, 4.69) is 59.0 Å². The number of aliphatic hydroxyl groups excluding tert-OH is 1. The van der Waals surface area contributed by atoms with Crippen LogP contribution in [0.5, 0.6) is 0 Å². The number of rotatable bonds is 4. The lowest BCUT2D eigenvalue weighted by Crippen LogP contribution is -2.25. The minimum atomic E-state index is -0.272. The molecule has 0 amide bonds. The summed E-state index contributed by atoms with van der Waals surface area (Å²) in [6.07, 6.45) is -0.272. The van der Waals surface area contributed by atoms with Gasteiger partial charge in [-0.2, -0.15) is 0 Å². The van der Waals surface area contributed by atoms with Crippen LogP contribution in [0.2, 0.25) is 0 Å².